The molecule has 17 heavy (non-hydrogen) atoms. The van der Waals surface area contributed by atoms with Gasteiger partial charge in [0.05, 0.1) is 12.6 Å². The van der Waals surface area contributed by atoms with E-state index in [1.807, 2.05) is 6.20 Å². The maximum absolute atomic E-state index is 5.63. The van der Waals surface area contributed by atoms with Gasteiger partial charge in [-0.1, -0.05) is 20.8 Å². The summed E-state index contributed by atoms with van der Waals surface area (Å²) >= 11 is 0. The van der Waals surface area contributed by atoms with E-state index in [0.717, 1.165) is 32.0 Å². The van der Waals surface area contributed by atoms with Crippen molar-refractivity contribution in [2.75, 3.05) is 19.8 Å². The van der Waals surface area contributed by atoms with Crippen LogP contribution in [0, 0.1) is 0 Å². The molecule has 0 radical (unpaired) electrons. The maximum atomic E-state index is 5.63. The molecule has 0 spiro atoms. The first-order valence-corrected chi connectivity index (χ1v) is 6.58. The molecule has 1 aliphatic rings. The molecule has 0 aromatic carbocycles. The number of nitrogens with one attached hydrogen (secondary N) is 1. The number of hydrogen-bond acceptors (Lipinski definition) is 3. The predicted octanol–water partition coefficient (Wildman–Crippen LogP) is 1.95. The third-order valence-corrected chi connectivity index (χ3v) is 3.36. The summed E-state index contributed by atoms with van der Waals surface area (Å²) < 4.78 is 7.92. The van der Waals surface area contributed by atoms with Gasteiger partial charge in [0.2, 0.25) is 0 Å². The zero-order valence-corrected chi connectivity index (χ0v) is 11.0. The minimum absolute atomic E-state index is 0.378. The maximum Gasteiger partial charge on any atom is 0.111 e. The fourth-order valence-electron chi connectivity index (χ4n) is 2.55. The summed E-state index contributed by atoms with van der Waals surface area (Å²) in [6.45, 7) is 9.18. The number of imidazole rings is 1. The highest BCUT2D eigenvalue weighted by atomic mass is 16.5. The lowest BCUT2D eigenvalue weighted by Gasteiger charge is -2.34. The minimum Gasteiger partial charge on any atom is -0.379 e. The Labute approximate surface area is 103 Å². The van der Waals surface area contributed by atoms with E-state index < -0.39 is 0 Å². The van der Waals surface area contributed by atoms with Crippen molar-refractivity contribution in [2.24, 2.45) is 0 Å². The number of ether oxygens (including phenoxy) is 1. The third-order valence-electron chi connectivity index (χ3n) is 3.36. The van der Waals surface area contributed by atoms with Crippen molar-refractivity contribution in [3.63, 3.8) is 0 Å². The van der Waals surface area contributed by atoms with Crippen LogP contribution in [-0.4, -0.2) is 35.4 Å². The summed E-state index contributed by atoms with van der Waals surface area (Å²) in [4.78, 5) is 4.47. The summed E-state index contributed by atoms with van der Waals surface area (Å²) in [6.07, 6.45) is 5.06. The molecule has 2 atom stereocenters. The van der Waals surface area contributed by atoms with Crippen molar-refractivity contribution >= 4 is 0 Å². The SMILES string of the molecule is CCNC1CCOCC1n1ccnc1C(C)C. The van der Waals surface area contributed by atoms with Crippen molar-refractivity contribution in [3.8, 4) is 0 Å². The average Bonchev–Trinajstić information content (AvgIpc) is 2.79. The Kier molecular flexibility index (Phi) is 4.18. The van der Waals surface area contributed by atoms with E-state index in [9.17, 15) is 0 Å². The molecule has 0 aliphatic carbocycles. The fourth-order valence-corrected chi connectivity index (χ4v) is 2.55. The van der Waals surface area contributed by atoms with Crippen LogP contribution in [0.2, 0.25) is 0 Å². The number of likely N-dealkylation sites (N-methyl/N-ethyl adjacent to an activating group) is 1. The largest absolute Gasteiger partial charge is 0.379 e. The molecule has 1 aromatic rings. The summed E-state index contributed by atoms with van der Waals surface area (Å²) in [7, 11) is 0. The molecule has 4 nitrogen and oxygen atoms in total. The van der Waals surface area contributed by atoms with E-state index in [1.165, 1.54) is 0 Å². The molecule has 1 fully saturated rings. The summed E-state index contributed by atoms with van der Waals surface area (Å²) in [6, 6.07) is 0.879. The molecule has 0 bridgehead atoms. The Balaban J connectivity index is 2.20. The highest BCUT2D eigenvalue weighted by Gasteiger charge is 2.28. The van der Waals surface area contributed by atoms with Gasteiger partial charge in [-0.05, 0) is 13.0 Å². The molecule has 1 saturated heterocycles. The van der Waals surface area contributed by atoms with Crippen LogP contribution in [0.5, 0.6) is 0 Å². The van der Waals surface area contributed by atoms with E-state index >= 15 is 0 Å². The second kappa shape index (κ2) is 5.65. The lowest BCUT2D eigenvalue weighted by atomic mass is 10.0. The Morgan fingerprint density at radius 1 is 1.59 bits per heavy atom. The van der Waals surface area contributed by atoms with Crippen molar-refractivity contribution < 1.29 is 4.74 Å². The standard InChI is InChI=1S/C13H23N3O/c1-4-14-11-5-8-17-9-12(11)16-7-6-15-13(16)10(2)3/h6-7,10-12,14H,4-5,8-9H2,1-3H3. The van der Waals surface area contributed by atoms with Gasteiger partial charge in [-0.3, -0.25) is 0 Å². The van der Waals surface area contributed by atoms with Crippen LogP contribution in [0.25, 0.3) is 0 Å². The van der Waals surface area contributed by atoms with Crippen molar-refractivity contribution in [1.82, 2.24) is 14.9 Å². The van der Waals surface area contributed by atoms with Crippen LogP contribution in [0.4, 0.5) is 0 Å². The smallest absolute Gasteiger partial charge is 0.111 e. The molecule has 2 unspecified atom stereocenters. The topological polar surface area (TPSA) is 39.1 Å². The lowest BCUT2D eigenvalue weighted by molar-refractivity contribution is 0.0363. The van der Waals surface area contributed by atoms with Crippen LogP contribution >= 0.6 is 0 Å². The third kappa shape index (κ3) is 2.69. The Bertz CT molecular complexity index is 346. The van der Waals surface area contributed by atoms with Crippen LogP contribution in [0.15, 0.2) is 12.4 Å². The second-order valence-electron chi connectivity index (χ2n) is 4.94. The average molecular weight is 237 g/mol. The first-order valence-electron chi connectivity index (χ1n) is 6.58. The van der Waals surface area contributed by atoms with Crippen LogP contribution in [0.1, 0.15) is 45.0 Å². The van der Waals surface area contributed by atoms with Crippen molar-refractivity contribution in [3.05, 3.63) is 18.2 Å². The van der Waals surface area contributed by atoms with Crippen molar-refractivity contribution in [2.45, 2.75) is 45.2 Å². The highest BCUT2D eigenvalue weighted by Crippen LogP contribution is 2.24. The molecule has 2 rings (SSSR count). The molecule has 0 saturated carbocycles. The summed E-state index contributed by atoms with van der Waals surface area (Å²) in [5.74, 6) is 1.61. The molecule has 0 amide bonds. The van der Waals surface area contributed by atoms with E-state index in [0.29, 0.717) is 18.0 Å². The zero-order chi connectivity index (χ0) is 12.3. The number of rotatable bonds is 4. The first-order chi connectivity index (χ1) is 8.24. The minimum atomic E-state index is 0.378. The van der Waals surface area contributed by atoms with E-state index in [-0.39, 0.29) is 0 Å². The van der Waals surface area contributed by atoms with Gasteiger partial charge in [-0.2, -0.15) is 0 Å². The first kappa shape index (κ1) is 12.6. The second-order valence-corrected chi connectivity index (χ2v) is 4.94. The molecule has 2 heterocycles. The monoisotopic (exact) mass is 237 g/mol. The predicted molar refractivity (Wildman–Crippen MR) is 68.3 cm³/mol. The molecular formula is C13H23N3O. The molecule has 96 valence electrons. The van der Waals surface area contributed by atoms with E-state index in [1.54, 1.807) is 0 Å². The quantitative estimate of drug-likeness (QED) is 0.870. The lowest BCUT2D eigenvalue weighted by Crippen LogP contribution is -2.44. The summed E-state index contributed by atoms with van der Waals surface area (Å²) in [5, 5.41) is 3.56. The van der Waals surface area contributed by atoms with Gasteiger partial charge >= 0.3 is 0 Å². The Morgan fingerprint density at radius 2 is 2.41 bits per heavy atom. The van der Waals surface area contributed by atoms with Gasteiger partial charge in [0.25, 0.3) is 0 Å². The van der Waals surface area contributed by atoms with Crippen LogP contribution in [0.3, 0.4) is 0 Å². The van der Waals surface area contributed by atoms with Gasteiger partial charge < -0.3 is 14.6 Å². The summed E-state index contributed by atoms with van der Waals surface area (Å²) in [5.41, 5.74) is 0. The number of nitrogens with zero attached hydrogens (tertiary/aromatic N) is 2. The molecular weight excluding hydrogens is 214 g/mol. The molecule has 1 aliphatic heterocycles. The Morgan fingerprint density at radius 3 is 3.12 bits per heavy atom. The highest BCUT2D eigenvalue weighted by molar-refractivity contribution is 5.02. The van der Waals surface area contributed by atoms with Gasteiger partial charge in [0.1, 0.15) is 5.82 Å². The number of aromatic nitrogens is 2. The fraction of sp³-hybridized carbons (Fsp3) is 0.769. The number of hydrogen-bond donors (Lipinski definition) is 1. The van der Waals surface area contributed by atoms with Gasteiger partial charge in [-0.25, -0.2) is 4.98 Å². The molecule has 1 N–H and O–H groups in total. The van der Waals surface area contributed by atoms with Gasteiger partial charge in [0.15, 0.2) is 0 Å². The van der Waals surface area contributed by atoms with E-state index in [4.69, 9.17) is 4.74 Å². The van der Waals surface area contributed by atoms with E-state index in [2.05, 4.69) is 41.8 Å². The zero-order valence-electron chi connectivity index (χ0n) is 11.0. The van der Waals surface area contributed by atoms with Crippen LogP contribution < -0.4 is 5.32 Å². The Hall–Kier alpha value is -0.870. The normalized spacial score (nSPS) is 25.4. The van der Waals surface area contributed by atoms with Crippen LogP contribution in [-0.2, 0) is 4.74 Å². The van der Waals surface area contributed by atoms with Gasteiger partial charge in [-0.15, -0.1) is 0 Å². The van der Waals surface area contributed by atoms with Gasteiger partial charge in [0, 0.05) is 31.0 Å². The molecule has 1 aromatic heterocycles. The van der Waals surface area contributed by atoms with Crippen molar-refractivity contribution in [1.29, 1.82) is 0 Å². The molecule has 4 heteroatoms.